The Labute approximate surface area is 157 Å². The molecule has 1 N–H and O–H groups in total. The summed E-state index contributed by atoms with van der Waals surface area (Å²) in [5.74, 6) is 1.58. The molecule has 1 aliphatic heterocycles. The lowest BCUT2D eigenvalue weighted by Gasteiger charge is -2.21. The first-order valence-electron chi connectivity index (χ1n) is 8.96. The number of aromatic nitrogens is 2. The second-order valence-corrected chi connectivity index (χ2v) is 6.72. The lowest BCUT2D eigenvalue weighted by atomic mass is 10.0. The minimum atomic E-state index is -0.0865. The Morgan fingerprint density at radius 2 is 2.07 bits per heavy atom. The molecule has 0 spiro atoms. The summed E-state index contributed by atoms with van der Waals surface area (Å²) in [6.45, 7) is 2.66. The molecule has 6 heteroatoms. The van der Waals surface area contributed by atoms with E-state index >= 15 is 0 Å². The van der Waals surface area contributed by atoms with Crippen LogP contribution in [0.1, 0.15) is 13.3 Å². The van der Waals surface area contributed by atoms with Gasteiger partial charge in [0.05, 0.1) is 12.6 Å². The van der Waals surface area contributed by atoms with Gasteiger partial charge in [-0.25, -0.2) is 4.98 Å². The Kier molecular flexibility index (Phi) is 4.62. The van der Waals surface area contributed by atoms with Gasteiger partial charge in [-0.15, -0.1) is 0 Å². The molecule has 1 amide bonds. The molecular formula is C21H21N3O3. The molecule has 27 heavy (non-hydrogen) atoms. The summed E-state index contributed by atoms with van der Waals surface area (Å²) in [5, 5.41) is 3.82. The van der Waals surface area contributed by atoms with Crippen molar-refractivity contribution in [1.82, 2.24) is 15.3 Å². The molecular weight excluding hydrogens is 342 g/mol. The van der Waals surface area contributed by atoms with E-state index in [0.717, 1.165) is 27.8 Å². The molecule has 0 unspecified atom stereocenters. The van der Waals surface area contributed by atoms with E-state index in [1.165, 1.54) is 0 Å². The number of methoxy groups -OCH3 is 1. The van der Waals surface area contributed by atoms with Crippen LogP contribution in [0.2, 0.25) is 0 Å². The molecule has 0 bridgehead atoms. The Morgan fingerprint density at radius 1 is 1.19 bits per heavy atom. The predicted molar refractivity (Wildman–Crippen MR) is 103 cm³/mol. The van der Waals surface area contributed by atoms with Crippen molar-refractivity contribution in [1.29, 1.82) is 0 Å². The maximum absolute atomic E-state index is 11.5. The molecule has 6 nitrogen and oxygen atoms in total. The molecule has 1 saturated heterocycles. The standard InChI is InChI=1S/C21H21N3O3/c1-13(16-10-20(25)23-12-16)27-19-9-15(8-18-17(19)4-3-7-22-18)14-5-6-21(26-2)24-11-14/h3-9,11,13,16H,10,12H2,1-2H3,(H,23,25)/t13-,16-/m1/s1. The highest BCUT2D eigenvalue weighted by Crippen LogP contribution is 2.33. The van der Waals surface area contributed by atoms with Crippen molar-refractivity contribution in [3.63, 3.8) is 0 Å². The maximum Gasteiger partial charge on any atom is 0.220 e. The third kappa shape index (κ3) is 3.56. The van der Waals surface area contributed by atoms with E-state index in [1.807, 2.05) is 43.3 Å². The number of pyridine rings is 2. The van der Waals surface area contributed by atoms with Crippen molar-refractivity contribution in [2.24, 2.45) is 5.92 Å². The smallest absolute Gasteiger partial charge is 0.220 e. The molecule has 4 rings (SSSR count). The molecule has 2 aromatic heterocycles. The number of benzene rings is 1. The highest BCUT2D eigenvalue weighted by atomic mass is 16.5. The molecule has 2 atom stereocenters. The van der Waals surface area contributed by atoms with Gasteiger partial charge in [-0.1, -0.05) is 0 Å². The first kappa shape index (κ1) is 17.3. The number of rotatable bonds is 5. The van der Waals surface area contributed by atoms with E-state index in [9.17, 15) is 4.79 Å². The van der Waals surface area contributed by atoms with Crippen LogP contribution in [0, 0.1) is 5.92 Å². The van der Waals surface area contributed by atoms with Crippen LogP contribution in [0.25, 0.3) is 22.0 Å². The molecule has 1 fully saturated rings. The first-order chi connectivity index (χ1) is 13.1. The zero-order valence-electron chi connectivity index (χ0n) is 15.3. The molecule has 3 aromatic rings. The fourth-order valence-electron chi connectivity index (χ4n) is 3.34. The molecule has 0 radical (unpaired) electrons. The van der Waals surface area contributed by atoms with Gasteiger partial charge < -0.3 is 14.8 Å². The van der Waals surface area contributed by atoms with Gasteiger partial charge >= 0.3 is 0 Å². The SMILES string of the molecule is COc1ccc(-c2cc(O[C@H](C)[C@H]3CNC(=O)C3)c3cccnc3c2)cn1. The van der Waals surface area contributed by atoms with Crippen molar-refractivity contribution in [2.75, 3.05) is 13.7 Å². The fourth-order valence-corrected chi connectivity index (χ4v) is 3.34. The van der Waals surface area contributed by atoms with Crippen LogP contribution in [0.5, 0.6) is 11.6 Å². The van der Waals surface area contributed by atoms with Crippen LogP contribution >= 0.6 is 0 Å². The number of fused-ring (bicyclic) bond motifs is 1. The largest absolute Gasteiger partial charge is 0.490 e. The zero-order valence-corrected chi connectivity index (χ0v) is 15.3. The molecule has 3 heterocycles. The van der Waals surface area contributed by atoms with Gasteiger partial charge in [0.1, 0.15) is 11.9 Å². The van der Waals surface area contributed by atoms with Gasteiger partial charge in [-0.05, 0) is 42.8 Å². The third-order valence-corrected chi connectivity index (χ3v) is 4.95. The van der Waals surface area contributed by atoms with E-state index in [4.69, 9.17) is 9.47 Å². The van der Waals surface area contributed by atoms with Gasteiger partial charge in [-0.3, -0.25) is 9.78 Å². The van der Waals surface area contributed by atoms with Crippen LogP contribution in [-0.2, 0) is 4.79 Å². The van der Waals surface area contributed by atoms with Crippen LogP contribution in [0.15, 0.2) is 48.8 Å². The van der Waals surface area contributed by atoms with E-state index in [1.54, 1.807) is 19.5 Å². The number of carbonyl (C=O) groups excluding carboxylic acids is 1. The molecule has 138 valence electrons. The van der Waals surface area contributed by atoms with Crippen LogP contribution in [-0.4, -0.2) is 35.6 Å². The molecule has 1 aromatic carbocycles. The number of nitrogens with zero attached hydrogens (tertiary/aromatic N) is 2. The highest BCUT2D eigenvalue weighted by Gasteiger charge is 2.28. The first-order valence-corrected chi connectivity index (χ1v) is 8.96. The normalized spacial score (nSPS) is 17.6. The lowest BCUT2D eigenvalue weighted by molar-refractivity contribution is -0.119. The number of carbonyl (C=O) groups is 1. The lowest BCUT2D eigenvalue weighted by Crippen LogP contribution is -2.25. The summed E-state index contributed by atoms with van der Waals surface area (Å²) in [4.78, 5) is 20.3. The van der Waals surface area contributed by atoms with Gasteiger partial charge in [0, 0.05) is 48.3 Å². The quantitative estimate of drug-likeness (QED) is 0.753. The second-order valence-electron chi connectivity index (χ2n) is 6.72. The molecule has 0 aliphatic carbocycles. The third-order valence-electron chi connectivity index (χ3n) is 4.95. The minimum Gasteiger partial charge on any atom is -0.490 e. The van der Waals surface area contributed by atoms with E-state index in [-0.39, 0.29) is 17.9 Å². The number of hydrogen-bond acceptors (Lipinski definition) is 5. The number of amides is 1. The predicted octanol–water partition coefficient (Wildman–Crippen LogP) is 3.21. The topological polar surface area (TPSA) is 73.3 Å². The summed E-state index contributed by atoms with van der Waals surface area (Å²) in [6, 6.07) is 11.7. The maximum atomic E-state index is 11.5. The molecule has 0 saturated carbocycles. The summed E-state index contributed by atoms with van der Waals surface area (Å²) in [7, 11) is 1.60. The number of nitrogens with one attached hydrogen (secondary N) is 1. The van der Waals surface area contributed by atoms with Crippen molar-refractivity contribution in [3.8, 4) is 22.8 Å². The Balaban J connectivity index is 1.70. The minimum absolute atomic E-state index is 0.0834. The zero-order chi connectivity index (χ0) is 18.8. The van der Waals surface area contributed by atoms with Crippen LogP contribution < -0.4 is 14.8 Å². The Hall–Kier alpha value is -3.15. The average Bonchev–Trinajstić information content (AvgIpc) is 3.14. The summed E-state index contributed by atoms with van der Waals surface area (Å²) >= 11 is 0. The van der Waals surface area contributed by atoms with Gasteiger partial charge in [-0.2, -0.15) is 0 Å². The van der Waals surface area contributed by atoms with Crippen molar-refractivity contribution in [3.05, 3.63) is 48.8 Å². The van der Waals surface area contributed by atoms with Crippen molar-refractivity contribution < 1.29 is 14.3 Å². The fraction of sp³-hybridized carbons (Fsp3) is 0.286. The van der Waals surface area contributed by atoms with Crippen LogP contribution in [0.4, 0.5) is 0 Å². The monoisotopic (exact) mass is 363 g/mol. The average molecular weight is 363 g/mol. The highest BCUT2D eigenvalue weighted by molar-refractivity contribution is 5.90. The van der Waals surface area contributed by atoms with Gasteiger partial charge in [0.15, 0.2) is 0 Å². The summed E-state index contributed by atoms with van der Waals surface area (Å²) in [6.07, 6.45) is 3.96. The molecule has 1 aliphatic rings. The van der Waals surface area contributed by atoms with E-state index < -0.39 is 0 Å². The summed E-state index contributed by atoms with van der Waals surface area (Å²) in [5.41, 5.74) is 2.78. The van der Waals surface area contributed by atoms with Gasteiger partial charge in [0.25, 0.3) is 0 Å². The second kappa shape index (κ2) is 7.23. The van der Waals surface area contributed by atoms with Crippen molar-refractivity contribution >= 4 is 16.8 Å². The summed E-state index contributed by atoms with van der Waals surface area (Å²) < 4.78 is 11.4. The number of hydrogen-bond donors (Lipinski definition) is 1. The van der Waals surface area contributed by atoms with E-state index in [2.05, 4.69) is 15.3 Å². The Morgan fingerprint density at radius 3 is 2.78 bits per heavy atom. The van der Waals surface area contributed by atoms with Crippen LogP contribution in [0.3, 0.4) is 0 Å². The van der Waals surface area contributed by atoms with E-state index in [0.29, 0.717) is 18.8 Å². The van der Waals surface area contributed by atoms with Gasteiger partial charge in [0.2, 0.25) is 11.8 Å². The van der Waals surface area contributed by atoms with Crippen molar-refractivity contribution in [2.45, 2.75) is 19.4 Å². The number of ether oxygens (including phenoxy) is 2. The Bertz CT molecular complexity index is 972.